The van der Waals surface area contributed by atoms with Gasteiger partial charge in [0.1, 0.15) is 11.6 Å². The van der Waals surface area contributed by atoms with Gasteiger partial charge in [-0.15, -0.1) is 0 Å². The van der Waals surface area contributed by atoms with Gasteiger partial charge >= 0.3 is 0 Å². The van der Waals surface area contributed by atoms with Gasteiger partial charge in [-0.05, 0) is 48.6 Å². The molecule has 0 amide bonds. The molecule has 1 unspecified atom stereocenters. The maximum Gasteiger partial charge on any atom is 0.163 e. The second-order valence-corrected chi connectivity index (χ2v) is 5.46. The van der Waals surface area contributed by atoms with Gasteiger partial charge in [-0.2, -0.15) is 0 Å². The molecular formula is C18H17FO2. The molecule has 0 saturated carbocycles. The van der Waals surface area contributed by atoms with E-state index in [9.17, 15) is 9.18 Å². The van der Waals surface area contributed by atoms with Crippen LogP contribution in [0.5, 0.6) is 5.75 Å². The lowest BCUT2D eigenvalue weighted by atomic mass is 9.86. The number of hydrogen-bond donors (Lipinski definition) is 0. The highest BCUT2D eigenvalue weighted by atomic mass is 19.1. The first kappa shape index (κ1) is 13.8. The van der Waals surface area contributed by atoms with E-state index in [-0.39, 0.29) is 17.5 Å². The molecule has 2 nitrogen and oxygen atoms in total. The van der Waals surface area contributed by atoms with Gasteiger partial charge in [-0.1, -0.05) is 24.3 Å². The van der Waals surface area contributed by atoms with E-state index in [1.165, 1.54) is 12.1 Å². The minimum atomic E-state index is -0.365. The summed E-state index contributed by atoms with van der Waals surface area (Å²) in [6.07, 6.45) is 1.21. The topological polar surface area (TPSA) is 26.3 Å². The summed E-state index contributed by atoms with van der Waals surface area (Å²) in [6, 6.07) is 12.2. The predicted molar refractivity (Wildman–Crippen MR) is 79.4 cm³/mol. The van der Waals surface area contributed by atoms with Gasteiger partial charge in [0.15, 0.2) is 5.78 Å². The maximum atomic E-state index is 13.4. The van der Waals surface area contributed by atoms with Crippen LogP contribution in [0.15, 0.2) is 42.5 Å². The van der Waals surface area contributed by atoms with E-state index < -0.39 is 0 Å². The summed E-state index contributed by atoms with van der Waals surface area (Å²) in [5.74, 6) is 0.632. The minimum absolute atomic E-state index is 0.00583. The molecule has 2 aromatic carbocycles. The fourth-order valence-corrected chi connectivity index (χ4v) is 2.86. The number of ether oxygens (including phenoxy) is 1. The highest BCUT2D eigenvalue weighted by Crippen LogP contribution is 2.36. The summed E-state index contributed by atoms with van der Waals surface area (Å²) in [7, 11) is 0. The molecule has 0 saturated heterocycles. The molecule has 0 N–H and O–H groups in total. The van der Waals surface area contributed by atoms with E-state index >= 15 is 0 Å². The van der Waals surface area contributed by atoms with Crippen molar-refractivity contribution in [1.82, 2.24) is 0 Å². The molecule has 1 heterocycles. The van der Waals surface area contributed by atoms with Crippen LogP contribution in [-0.4, -0.2) is 12.4 Å². The van der Waals surface area contributed by atoms with Crippen molar-refractivity contribution in [2.75, 3.05) is 6.61 Å². The van der Waals surface area contributed by atoms with Gasteiger partial charge in [0.05, 0.1) is 6.61 Å². The summed E-state index contributed by atoms with van der Waals surface area (Å²) >= 11 is 0. The summed E-state index contributed by atoms with van der Waals surface area (Å²) in [5.41, 5.74) is 2.38. The molecule has 0 aromatic heterocycles. The SMILES string of the molecule is Cc1ccc(F)cc1C(=O)CC1CCOc2ccccc21. The van der Waals surface area contributed by atoms with Gasteiger partial charge in [-0.25, -0.2) is 4.39 Å². The number of ketones is 1. The number of Topliss-reactive ketones (excluding diaryl/α,β-unsaturated/α-hetero) is 1. The first-order valence-electron chi connectivity index (χ1n) is 7.16. The summed E-state index contributed by atoms with van der Waals surface area (Å²) < 4.78 is 19.0. The molecule has 3 rings (SSSR count). The number of carbonyl (C=O) groups excluding carboxylic acids is 1. The Hall–Kier alpha value is -2.16. The molecule has 0 bridgehead atoms. The smallest absolute Gasteiger partial charge is 0.163 e. The molecule has 0 aliphatic carbocycles. The standard InChI is InChI=1S/C18H17FO2/c1-12-6-7-14(19)11-16(12)17(20)10-13-8-9-21-18-5-3-2-4-15(13)18/h2-7,11,13H,8-10H2,1H3. The van der Waals surface area contributed by atoms with E-state index in [1.807, 2.05) is 31.2 Å². The monoisotopic (exact) mass is 284 g/mol. The number of carbonyl (C=O) groups is 1. The van der Waals surface area contributed by atoms with E-state index in [0.717, 1.165) is 23.3 Å². The molecule has 1 aliphatic heterocycles. The van der Waals surface area contributed by atoms with E-state index in [0.29, 0.717) is 18.6 Å². The van der Waals surface area contributed by atoms with Crippen LogP contribution in [0.3, 0.4) is 0 Å². The molecule has 0 radical (unpaired) electrons. The highest BCUT2D eigenvalue weighted by Gasteiger charge is 2.24. The number of rotatable bonds is 3. The van der Waals surface area contributed by atoms with Crippen LogP contribution in [0, 0.1) is 12.7 Å². The van der Waals surface area contributed by atoms with Crippen molar-refractivity contribution >= 4 is 5.78 Å². The van der Waals surface area contributed by atoms with Crippen LogP contribution >= 0.6 is 0 Å². The van der Waals surface area contributed by atoms with Gasteiger partial charge in [0, 0.05) is 12.0 Å². The highest BCUT2D eigenvalue weighted by molar-refractivity contribution is 5.98. The molecule has 21 heavy (non-hydrogen) atoms. The van der Waals surface area contributed by atoms with Crippen LogP contribution in [-0.2, 0) is 0 Å². The second-order valence-electron chi connectivity index (χ2n) is 5.46. The largest absolute Gasteiger partial charge is 0.493 e. The number of benzene rings is 2. The number of hydrogen-bond acceptors (Lipinski definition) is 2. The van der Waals surface area contributed by atoms with Gasteiger partial charge < -0.3 is 4.74 Å². The first-order valence-corrected chi connectivity index (χ1v) is 7.16. The molecule has 3 heteroatoms. The summed E-state index contributed by atoms with van der Waals surface area (Å²) in [6.45, 7) is 2.46. The fraction of sp³-hybridized carbons (Fsp3) is 0.278. The average molecular weight is 284 g/mol. The number of fused-ring (bicyclic) bond motifs is 1. The number of halogens is 1. The molecule has 1 aliphatic rings. The van der Waals surface area contributed by atoms with Crippen LogP contribution in [0.25, 0.3) is 0 Å². The number of para-hydroxylation sites is 1. The fourth-order valence-electron chi connectivity index (χ4n) is 2.86. The average Bonchev–Trinajstić information content (AvgIpc) is 2.50. The van der Waals surface area contributed by atoms with Gasteiger partial charge in [0.2, 0.25) is 0 Å². The van der Waals surface area contributed by atoms with Gasteiger partial charge in [0.25, 0.3) is 0 Å². The first-order chi connectivity index (χ1) is 10.1. The third-order valence-corrected chi connectivity index (χ3v) is 4.01. The second kappa shape index (κ2) is 5.68. The van der Waals surface area contributed by atoms with Crippen LogP contribution in [0.2, 0.25) is 0 Å². The lowest BCUT2D eigenvalue weighted by Gasteiger charge is -2.25. The van der Waals surface area contributed by atoms with Crippen molar-refractivity contribution < 1.29 is 13.9 Å². The molecule has 0 fully saturated rings. The molecule has 0 spiro atoms. The zero-order valence-electron chi connectivity index (χ0n) is 11.9. The van der Waals surface area contributed by atoms with E-state index in [4.69, 9.17) is 4.74 Å². The van der Waals surface area contributed by atoms with Gasteiger partial charge in [-0.3, -0.25) is 4.79 Å². The van der Waals surface area contributed by atoms with Crippen LogP contribution in [0.1, 0.15) is 40.2 Å². The van der Waals surface area contributed by atoms with Crippen LogP contribution in [0.4, 0.5) is 4.39 Å². The van der Waals surface area contributed by atoms with Crippen molar-refractivity contribution in [1.29, 1.82) is 0 Å². The van der Waals surface area contributed by atoms with Crippen molar-refractivity contribution in [2.24, 2.45) is 0 Å². The molecular weight excluding hydrogens is 267 g/mol. The lowest BCUT2D eigenvalue weighted by molar-refractivity contribution is 0.0965. The summed E-state index contributed by atoms with van der Waals surface area (Å²) in [4.78, 5) is 12.5. The lowest BCUT2D eigenvalue weighted by Crippen LogP contribution is -2.17. The van der Waals surface area contributed by atoms with E-state index in [1.54, 1.807) is 6.07 Å². The molecule has 1 atom stereocenters. The van der Waals surface area contributed by atoms with Crippen molar-refractivity contribution in [3.63, 3.8) is 0 Å². The Bertz CT molecular complexity index is 679. The zero-order chi connectivity index (χ0) is 14.8. The minimum Gasteiger partial charge on any atom is -0.493 e. The Balaban J connectivity index is 1.84. The molecule has 2 aromatic rings. The Kier molecular flexibility index (Phi) is 3.74. The predicted octanol–water partition coefficient (Wildman–Crippen LogP) is 4.27. The quantitative estimate of drug-likeness (QED) is 0.787. The third kappa shape index (κ3) is 2.82. The Morgan fingerprint density at radius 2 is 2.10 bits per heavy atom. The van der Waals surface area contributed by atoms with Crippen molar-refractivity contribution in [2.45, 2.75) is 25.7 Å². The number of aryl methyl sites for hydroxylation is 1. The Labute approximate surface area is 123 Å². The van der Waals surface area contributed by atoms with Crippen molar-refractivity contribution in [3.05, 3.63) is 65.0 Å². The molecule has 108 valence electrons. The van der Waals surface area contributed by atoms with Crippen LogP contribution < -0.4 is 4.74 Å². The summed E-state index contributed by atoms with van der Waals surface area (Å²) in [5, 5.41) is 0. The van der Waals surface area contributed by atoms with Crippen molar-refractivity contribution in [3.8, 4) is 5.75 Å². The Morgan fingerprint density at radius 1 is 1.29 bits per heavy atom. The Morgan fingerprint density at radius 3 is 2.95 bits per heavy atom. The normalized spacial score (nSPS) is 17.0. The third-order valence-electron chi connectivity index (χ3n) is 4.01. The van der Waals surface area contributed by atoms with E-state index in [2.05, 4.69) is 0 Å². The maximum absolute atomic E-state index is 13.4. The zero-order valence-corrected chi connectivity index (χ0v) is 11.9.